The molecule has 0 fully saturated rings. The molecule has 0 spiro atoms. The molecule has 12 heavy (non-hydrogen) atoms. The summed E-state index contributed by atoms with van der Waals surface area (Å²) in [6, 6.07) is 7.25. The molecule has 0 saturated heterocycles. The molecule has 66 valence electrons. The molecule has 0 unspecified atom stereocenters. The maximum atomic E-state index is 10.1. The summed E-state index contributed by atoms with van der Waals surface area (Å²) in [6.07, 6.45) is 0. The van der Waals surface area contributed by atoms with Crippen LogP contribution in [0.3, 0.4) is 0 Å². The Labute approximate surface area is 69.8 Å². The van der Waals surface area contributed by atoms with E-state index in [9.17, 15) is 4.32 Å². The highest BCUT2D eigenvalue weighted by Crippen LogP contribution is 2.10. The van der Waals surface area contributed by atoms with Crippen LogP contribution < -0.4 is 11.5 Å². The zero-order valence-corrected chi connectivity index (χ0v) is 6.31. The number of nitrogen functional groups attached to an aromatic ring is 2. The van der Waals surface area contributed by atoms with Gasteiger partial charge in [-0.25, -0.2) is 0 Å². The number of rotatable bonds is 0. The van der Waals surface area contributed by atoms with Gasteiger partial charge >= 0.3 is 7.40 Å². The van der Waals surface area contributed by atoms with E-state index in [1.807, 2.05) is 12.1 Å². The van der Waals surface area contributed by atoms with E-state index in [4.69, 9.17) is 21.5 Å². The topological polar surface area (TPSA) is 92.5 Å². The van der Waals surface area contributed by atoms with Gasteiger partial charge in [0.25, 0.3) is 0 Å². The molecule has 0 aliphatic carbocycles. The van der Waals surface area contributed by atoms with Crippen LogP contribution in [0, 0.1) is 0 Å². The van der Waals surface area contributed by atoms with Crippen LogP contribution in [-0.2, 0) is 0 Å². The predicted molar refractivity (Wildman–Crippen MR) is 46.6 cm³/mol. The van der Waals surface area contributed by atoms with Crippen LogP contribution in [0.5, 0.6) is 0 Å². The van der Waals surface area contributed by atoms with E-state index in [-0.39, 0.29) is 0 Å². The number of halogens is 1. The first-order valence-electron chi connectivity index (χ1n) is 3.14. The summed E-state index contributed by atoms with van der Waals surface area (Å²) < 4.78 is 10.1. The van der Waals surface area contributed by atoms with Crippen molar-refractivity contribution >= 4 is 18.8 Å². The maximum Gasteiger partial charge on any atom is 0.674 e. The molecule has 6 heteroatoms. The molecule has 0 heterocycles. The zero-order valence-electron chi connectivity index (χ0n) is 6.31. The quantitative estimate of drug-likeness (QED) is 0.321. The molecule has 0 bridgehead atoms. The minimum Gasteiger partial charge on any atom is -0.398 e. The third kappa shape index (κ3) is 5.51. The van der Waals surface area contributed by atoms with Gasteiger partial charge in [0.05, 0.1) is 11.4 Å². The molecule has 0 atom stereocenters. The lowest BCUT2D eigenvalue weighted by atomic mass is 10.3. The molecule has 6 N–H and O–H groups in total. The minimum absolute atomic E-state index is 0.646. The van der Waals surface area contributed by atoms with Gasteiger partial charge in [-0.2, -0.15) is 0 Å². The molecular formula is C6H10BFN2O2. The average Bonchev–Trinajstić information content (AvgIpc) is 1.94. The molecule has 0 aromatic heterocycles. The van der Waals surface area contributed by atoms with Crippen LogP contribution in [0.1, 0.15) is 0 Å². The fraction of sp³-hybridized carbons (Fsp3) is 0. The van der Waals surface area contributed by atoms with Crippen LogP contribution in [-0.4, -0.2) is 17.4 Å². The van der Waals surface area contributed by atoms with Crippen LogP contribution in [0.25, 0.3) is 0 Å². The Hall–Kier alpha value is -1.27. The summed E-state index contributed by atoms with van der Waals surface area (Å²) >= 11 is 0. The smallest absolute Gasteiger partial charge is 0.398 e. The lowest BCUT2D eigenvalue weighted by molar-refractivity contribution is 0.340. The molecule has 0 aliphatic rings. The summed E-state index contributed by atoms with van der Waals surface area (Å²) in [5.74, 6) is 0. The third-order valence-corrected chi connectivity index (χ3v) is 0.996. The van der Waals surface area contributed by atoms with Gasteiger partial charge in [0.2, 0.25) is 0 Å². The van der Waals surface area contributed by atoms with Crippen molar-refractivity contribution in [3.8, 4) is 0 Å². The number of hydrogen-bond acceptors (Lipinski definition) is 4. The monoisotopic (exact) mass is 172 g/mol. The molecular weight excluding hydrogens is 162 g/mol. The van der Waals surface area contributed by atoms with E-state index in [0.29, 0.717) is 11.4 Å². The van der Waals surface area contributed by atoms with Crippen LogP contribution in [0.4, 0.5) is 15.7 Å². The lowest BCUT2D eigenvalue weighted by Crippen LogP contribution is -1.98. The lowest BCUT2D eigenvalue weighted by Gasteiger charge is -1.94. The second kappa shape index (κ2) is 5.39. The normalized spacial score (nSPS) is 8.25. The SMILES string of the molecule is Nc1ccccc1N.OB(O)F. The Kier molecular flexibility index (Phi) is 4.83. The fourth-order valence-electron chi connectivity index (χ4n) is 0.511. The number of hydrogen-bond donors (Lipinski definition) is 4. The Bertz CT molecular complexity index is 211. The third-order valence-electron chi connectivity index (χ3n) is 0.996. The van der Waals surface area contributed by atoms with Gasteiger partial charge in [-0.3, -0.25) is 4.32 Å². The Morgan fingerprint density at radius 3 is 1.50 bits per heavy atom. The first-order valence-corrected chi connectivity index (χ1v) is 3.14. The van der Waals surface area contributed by atoms with Crippen molar-refractivity contribution in [2.45, 2.75) is 0 Å². The number of para-hydroxylation sites is 2. The van der Waals surface area contributed by atoms with E-state index in [0.717, 1.165) is 0 Å². The van der Waals surface area contributed by atoms with Crippen LogP contribution >= 0.6 is 0 Å². The summed E-state index contributed by atoms with van der Waals surface area (Å²) in [6.45, 7) is 0. The zero-order chi connectivity index (χ0) is 9.56. The molecule has 1 aromatic carbocycles. The first kappa shape index (κ1) is 10.7. The molecule has 0 aliphatic heterocycles. The Morgan fingerprint density at radius 2 is 1.33 bits per heavy atom. The summed E-state index contributed by atoms with van der Waals surface area (Å²) in [5, 5.41) is 13.9. The summed E-state index contributed by atoms with van der Waals surface area (Å²) in [5.41, 5.74) is 12.1. The highest BCUT2D eigenvalue weighted by Gasteiger charge is 1.97. The highest BCUT2D eigenvalue weighted by atomic mass is 19.1. The van der Waals surface area contributed by atoms with Crippen molar-refractivity contribution in [1.29, 1.82) is 0 Å². The highest BCUT2D eigenvalue weighted by molar-refractivity contribution is 6.31. The van der Waals surface area contributed by atoms with E-state index in [2.05, 4.69) is 0 Å². The number of anilines is 2. The van der Waals surface area contributed by atoms with Crippen molar-refractivity contribution in [2.24, 2.45) is 0 Å². The predicted octanol–water partition coefficient (Wildman–Crippen LogP) is -0.224. The molecule has 4 nitrogen and oxygen atoms in total. The van der Waals surface area contributed by atoms with E-state index >= 15 is 0 Å². The van der Waals surface area contributed by atoms with Crippen LogP contribution in [0.2, 0.25) is 0 Å². The Balaban J connectivity index is 0.000000261. The van der Waals surface area contributed by atoms with E-state index < -0.39 is 7.40 Å². The average molecular weight is 172 g/mol. The van der Waals surface area contributed by atoms with Gasteiger partial charge in [-0.05, 0) is 12.1 Å². The molecule has 0 amide bonds. The molecule has 1 rings (SSSR count). The van der Waals surface area contributed by atoms with Crippen molar-refractivity contribution in [1.82, 2.24) is 0 Å². The van der Waals surface area contributed by atoms with Gasteiger partial charge in [0.15, 0.2) is 0 Å². The molecule has 1 aromatic rings. The van der Waals surface area contributed by atoms with Gasteiger partial charge in [-0.1, -0.05) is 12.1 Å². The second-order valence-corrected chi connectivity index (χ2v) is 1.94. The number of benzene rings is 1. The largest absolute Gasteiger partial charge is 0.674 e. The van der Waals surface area contributed by atoms with Gasteiger partial charge in [0, 0.05) is 0 Å². The van der Waals surface area contributed by atoms with Crippen molar-refractivity contribution in [3.63, 3.8) is 0 Å². The van der Waals surface area contributed by atoms with Gasteiger partial charge in [0.1, 0.15) is 0 Å². The van der Waals surface area contributed by atoms with Crippen molar-refractivity contribution in [3.05, 3.63) is 24.3 Å². The summed E-state index contributed by atoms with van der Waals surface area (Å²) in [4.78, 5) is 0. The minimum atomic E-state index is -2.67. The molecule has 0 radical (unpaired) electrons. The summed E-state index contributed by atoms with van der Waals surface area (Å²) in [7, 11) is -2.67. The Morgan fingerprint density at radius 1 is 1.08 bits per heavy atom. The van der Waals surface area contributed by atoms with Gasteiger partial charge in [-0.15, -0.1) is 0 Å². The second-order valence-electron chi connectivity index (χ2n) is 1.94. The molecule has 0 saturated carbocycles. The van der Waals surface area contributed by atoms with E-state index in [1.54, 1.807) is 12.1 Å². The maximum absolute atomic E-state index is 10.1. The van der Waals surface area contributed by atoms with Crippen molar-refractivity contribution in [2.75, 3.05) is 11.5 Å². The van der Waals surface area contributed by atoms with Crippen LogP contribution in [0.15, 0.2) is 24.3 Å². The van der Waals surface area contributed by atoms with E-state index in [1.165, 1.54) is 0 Å². The standard InChI is InChI=1S/C6H8N2.BFH2O2/c7-5-3-1-2-4-6(5)8;2-1(3)4/h1-4H,7-8H2;3-4H. The van der Waals surface area contributed by atoms with Gasteiger partial charge < -0.3 is 21.5 Å². The van der Waals surface area contributed by atoms with Crippen molar-refractivity contribution < 1.29 is 14.4 Å². The fourth-order valence-corrected chi connectivity index (χ4v) is 0.511. The first-order chi connectivity index (χ1) is 5.54. The number of nitrogens with two attached hydrogens (primary N) is 2.